The Kier molecular flexibility index (Phi) is 4.80. The molecule has 1 amide bonds. The molecule has 4 heteroatoms. The predicted octanol–water partition coefficient (Wildman–Crippen LogP) is 1.05. The average Bonchev–Trinajstić information content (AvgIpc) is 2.40. The zero-order valence-corrected chi connectivity index (χ0v) is 10.5. The van der Waals surface area contributed by atoms with E-state index < -0.39 is 0 Å². The SMILES string of the molecule is NCC1CCCC(C(=O)NC2CCCOC2)C1. The van der Waals surface area contributed by atoms with E-state index in [0.717, 1.165) is 45.3 Å². The highest BCUT2D eigenvalue weighted by atomic mass is 16.5. The number of ether oxygens (including phenoxy) is 1. The van der Waals surface area contributed by atoms with Crippen LogP contribution in [0.4, 0.5) is 0 Å². The molecule has 3 atom stereocenters. The van der Waals surface area contributed by atoms with Crippen molar-refractivity contribution in [3.63, 3.8) is 0 Å². The molecular formula is C13H24N2O2. The topological polar surface area (TPSA) is 64.4 Å². The zero-order valence-electron chi connectivity index (χ0n) is 10.5. The fourth-order valence-corrected chi connectivity index (χ4v) is 2.92. The number of hydrogen-bond donors (Lipinski definition) is 2. The van der Waals surface area contributed by atoms with Crippen molar-refractivity contribution >= 4 is 5.91 Å². The highest BCUT2D eigenvalue weighted by Crippen LogP contribution is 2.28. The first-order chi connectivity index (χ1) is 8.29. The van der Waals surface area contributed by atoms with E-state index in [4.69, 9.17) is 10.5 Å². The molecule has 1 aliphatic carbocycles. The van der Waals surface area contributed by atoms with Gasteiger partial charge in [0.15, 0.2) is 0 Å². The van der Waals surface area contributed by atoms with Gasteiger partial charge in [-0.1, -0.05) is 6.42 Å². The van der Waals surface area contributed by atoms with E-state index in [9.17, 15) is 4.79 Å². The van der Waals surface area contributed by atoms with Gasteiger partial charge in [0.05, 0.1) is 12.6 Å². The molecule has 1 saturated heterocycles. The lowest BCUT2D eigenvalue weighted by Gasteiger charge is -2.30. The monoisotopic (exact) mass is 240 g/mol. The maximum Gasteiger partial charge on any atom is 0.223 e. The van der Waals surface area contributed by atoms with Crippen LogP contribution in [0.1, 0.15) is 38.5 Å². The standard InChI is InChI=1S/C13H24N2O2/c14-8-10-3-1-4-11(7-10)13(16)15-12-5-2-6-17-9-12/h10-12H,1-9,14H2,(H,15,16). The summed E-state index contributed by atoms with van der Waals surface area (Å²) in [6.07, 6.45) is 6.43. The Balaban J connectivity index is 1.78. The molecule has 0 spiro atoms. The van der Waals surface area contributed by atoms with Crippen LogP contribution >= 0.6 is 0 Å². The van der Waals surface area contributed by atoms with Gasteiger partial charge in [0.2, 0.25) is 5.91 Å². The Morgan fingerprint density at radius 1 is 1.29 bits per heavy atom. The number of amides is 1. The fraction of sp³-hybridized carbons (Fsp3) is 0.923. The number of carbonyl (C=O) groups is 1. The van der Waals surface area contributed by atoms with E-state index in [1.807, 2.05) is 0 Å². The summed E-state index contributed by atoms with van der Waals surface area (Å²) >= 11 is 0. The normalized spacial score (nSPS) is 34.3. The molecule has 0 aromatic carbocycles. The van der Waals surface area contributed by atoms with Gasteiger partial charge in [-0.3, -0.25) is 4.79 Å². The van der Waals surface area contributed by atoms with Gasteiger partial charge in [0, 0.05) is 12.5 Å². The van der Waals surface area contributed by atoms with Gasteiger partial charge in [-0.15, -0.1) is 0 Å². The van der Waals surface area contributed by atoms with E-state index in [-0.39, 0.29) is 17.9 Å². The minimum absolute atomic E-state index is 0.180. The summed E-state index contributed by atoms with van der Waals surface area (Å²) in [5.74, 6) is 0.944. The Labute approximate surface area is 103 Å². The maximum atomic E-state index is 12.1. The lowest BCUT2D eigenvalue weighted by atomic mass is 9.81. The van der Waals surface area contributed by atoms with E-state index in [2.05, 4.69) is 5.32 Å². The summed E-state index contributed by atoms with van der Waals surface area (Å²) in [5, 5.41) is 3.13. The fourth-order valence-electron chi connectivity index (χ4n) is 2.92. The molecule has 2 aliphatic rings. The van der Waals surface area contributed by atoms with Crippen molar-refractivity contribution in [1.82, 2.24) is 5.32 Å². The van der Waals surface area contributed by atoms with Crippen molar-refractivity contribution in [1.29, 1.82) is 0 Å². The van der Waals surface area contributed by atoms with Crippen molar-refractivity contribution < 1.29 is 9.53 Å². The van der Waals surface area contributed by atoms with E-state index >= 15 is 0 Å². The highest BCUT2D eigenvalue weighted by molar-refractivity contribution is 5.79. The van der Waals surface area contributed by atoms with Crippen LogP contribution in [0.5, 0.6) is 0 Å². The first-order valence-electron chi connectivity index (χ1n) is 6.87. The van der Waals surface area contributed by atoms with E-state index in [1.165, 1.54) is 6.42 Å². The molecule has 2 fully saturated rings. The number of carbonyl (C=O) groups excluding carboxylic acids is 1. The molecule has 4 nitrogen and oxygen atoms in total. The van der Waals surface area contributed by atoms with Gasteiger partial charge in [0.1, 0.15) is 0 Å². The summed E-state index contributed by atoms with van der Waals surface area (Å²) in [6, 6.07) is 0.231. The van der Waals surface area contributed by atoms with E-state index in [1.54, 1.807) is 0 Å². The third-order valence-corrected chi connectivity index (χ3v) is 3.99. The molecule has 3 N–H and O–H groups in total. The van der Waals surface area contributed by atoms with Crippen LogP contribution in [-0.4, -0.2) is 31.7 Å². The minimum atomic E-state index is 0.180. The number of nitrogens with one attached hydrogen (secondary N) is 1. The molecule has 1 saturated carbocycles. The Hall–Kier alpha value is -0.610. The molecule has 0 aromatic heterocycles. The second kappa shape index (κ2) is 6.36. The van der Waals surface area contributed by atoms with E-state index in [0.29, 0.717) is 12.5 Å². The molecule has 2 rings (SSSR count). The first kappa shape index (κ1) is 12.8. The van der Waals surface area contributed by atoms with Crippen LogP contribution in [0.15, 0.2) is 0 Å². The van der Waals surface area contributed by atoms with Crippen molar-refractivity contribution in [2.75, 3.05) is 19.8 Å². The molecule has 17 heavy (non-hydrogen) atoms. The van der Waals surface area contributed by atoms with Crippen LogP contribution in [0.3, 0.4) is 0 Å². The van der Waals surface area contributed by atoms with Crippen molar-refractivity contribution in [2.24, 2.45) is 17.6 Å². The Morgan fingerprint density at radius 2 is 2.18 bits per heavy atom. The second-order valence-electron chi connectivity index (χ2n) is 5.39. The molecule has 1 heterocycles. The summed E-state index contributed by atoms with van der Waals surface area (Å²) in [6.45, 7) is 2.24. The highest BCUT2D eigenvalue weighted by Gasteiger charge is 2.28. The lowest BCUT2D eigenvalue weighted by Crippen LogP contribution is -2.44. The van der Waals surface area contributed by atoms with Crippen LogP contribution in [0.2, 0.25) is 0 Å². The Bertz CT molecular complexity index is 252. The summed E-state index contributed by atoms with van der Waals surface area (Å²) in [7, 11) is 0. The lowest BCUT2D eigenvalue weighted by molar-refractivity contribution is -0.128. The zero-order chi connectivity index (χ0) is 12.1. The second-order valence-corrected chi connectivity index (χ2v) is 5.39. The van der Waals surface area contributed by atoms with Gasteiger partial charge in [0.25, 0.3) is 0 Å². The summed E-state index contributed by atoms with van der Waals surface area (Å²) in [4.78, 5) is 12.1. The van der Waals surface area contributed by atoms with Crippen LogP contribution < -0.4 is 11.1 Å². The van der Waals surface area contributed by atoms with Crippen molar-refractivity contribution in [3.8, 4) is 0 Å². The first-order valence-corrected chi connectivity index (χ1v) is 6.87. The van der Waals surface area contributed by atoms with Crippen LogP contribution in [0.25, 0.3) is 0 Å². The van der Waals surface area contributed by atoms with Crippen molar-refractivity contribution in [3.05, 3.63) is 0 Å². The smallest absolute Gasteiger partial charge is 0.223 e. The third kappa shape index (κ3) is 3.68. The molecule has 3 unspecified atom stereocenters. The van der Waals surface area contributed by atoms with Crippen molar-refractivity contribution in [2.45, 2.75) is 44.6 Å². The average molecular weight is 240 g/mol. The molecule has 1 aliphatic heterocycles. The van der Waals surface area contributed by atoms with Gasteiger partial charge in [-0.05, 0) is 44.6 Å². The van der Waals surface area contributed by atoms with Crippen LogP contribution in [0, 0.1) is 11.8 Å². The van der Waals surface area contributed by atoms with Gasteiger partial charge in [-0.2, -0.15) is 0 Å². The summed E-state index contributed by atoms with van der Waals surface area (Å²) < 4.78 is 5.38. The number of nitrogens with two attached hydrogens (primary N) is 1. The third-order valence-electron chi connectivity index (χ3n) is 3.99. The minimum Gasteiger partial charge on any atom is -0.379 e. The van der Waals surface area contributed by atoms with Crippen LogP contribution in [-0.2, 0) is 9.53 Å². The van der Waals surface area contributed by atoms with Gasteiger partial charge < -0.3 is 15.8 Å². The maximum absolute atomic E-state index is 12.1. The largest absolute Gasteiger partial charge is 0.379 e. The number of hydrogen-bond acceptors (Lipinski definition) is 3. The molecule has 0 aromatic rings. The predicted molar refractivity (Wildman–Crippen MR) is 66.5 cm³/mol. The quantitative estimate of drug-likeness (QED) is 0.775. The van der Waals surface area contributed by atoms with Gasteiger partial charge in [-0.25, -0.2) is 0 Å². The molecular weight excluding hydrogens is 216 g/mol. The molecule has 0 radical (unpaired) electrons. The Morgan fingerprint density at radius 3 is 2.88 bits per heavy atom. The molecule has 0 bridgehead atoms. The summed E-state index contributed by atoms with van der Waals surface area (Å²) in [5.41, 5.74) is 5.70. The van der Waals surface area contributed by atoms with Gasteiger partial charge >= 0.3 is 0 Å². The molecule has 98 valence electrons. The number of rotatable bonds is 3.